The first-order chi connectivity index (χ1) is 24.0. The zero-order valence-electron chi connectivity index (χ0n) is 28.2. The number of hydrogen-bond donors (Lipinski definition) is 0. The van der Waals surface area contributed by atoms with Gasteiger partial charge in [-0.15, -0.1) is 11.3 Å². The van der Waals surface area contributed by atoms with Crippen molar-refractivity contribution in [3.05, 3.63) is 104 Å². The van der Waals surface area contributed by atoms with Crippen molar-refractivity contribution in [2.75, 3.05) is 26.2 Å². The highest BCUT2D eigenvalue weighted by atomic mass is 35.5. The number of thiophene rings is 1. The van der Waals surface area contributed by atoms with E-state index >= 15 is 4.39 Å². The average Bonchev–Trinajstić information content (AvgIpc) is 3.63. The molecule has 0 N–H and O–H groups in total. The van der Waals surface area contributed by atoms with Gasteiger partial charge in [0, 0.05) is 41.8 Å². The van der Waals surface area contributed by atoms with Crippen LogP contribution in [-0.4, -0.2) is 56.4 Å². The van der Waals surface area contributed by atoms with Crippen LogP contribution in [0.4, 0.5) is 14.9 Å². The second-order valence-electron chi connectivity index (χ2n) is 12.6. The van der Waals surface area contributed by atoms with Crippen LogP contribution < -0.4 is 18.9 Å². The Kier molecular flexibility index (Phi) is 11.2. The van der Waals surface area contributed by atoms with Gasteiger partial charge >= 0.3 is 12.1 Å². The summed E-state index contributed by atoms with van der Waals surface area (Å²) in [5, 5.41) is 0.848. The molecule has 6 rings (SSSR count). The van der Waals surface area contributed by atoms with Crippen LogP contribution in [0.5, 0.6) is 11.5 Å². The number of carbonyl (C=O) groups excluding carboxylic acids is 2. The van der Waals surface area contributed by atoms with E-state index in [1.165, 1.54) is 25.2 Å². The van der Waals surface area contributed by atoms with Gasteiger partial charge in [-0.25, -0.2) is 18.5 Å². The molecule has 0 radical (unpaired) electrons. The van der Waals surface area contributed by atoms with E-state index in [-0.39, 0.29) is 24.8 Å². The van der Waals surface area contributed by atoms with Crippen LogP contribution in [0.1, 0.15) is 57.5 Å². The highest BCUT2D eigenvalue weighted by Gasteiger charge is 2.40. The largest absolute Gasteiger partial charge is 0.493 e. The van der Waals surface area contributed by atoms with Gasteiger partial charge < -0.3 is 23.8 Å². The molecule has 0 unspecified atom stereocenters. The molecule has 2 aliphatic rings. The predicted octanol–water partition coefficient (Wildman–Crippen LogP) is 7.94. The van der Waals surface area contributed by atoms with E-state index in [9.17, 15) is 9.59 Å². The lowest BCUT2D eigenvalue weighted by Gasteiger charge is -2.36. The van der Waals surface area contributed by atoms with Gasteiger partial charge in [0.15, 0.2) is 23.9 Å². The third kappa shape index (κ3) is 7.86. The topological polar surface area (TPSA) is 81.4 Å². The number of methoxy groups -OCH3 is 2. The van der Waals surface area contributed by atoms with Crippen LogP contribution in [0.3, 0.4) is 0 Å². The van der Waals surface area contributed by atoms with Crippen LogP contribution in [0.2, 0.25) is 10.0 Å². The number of piperidine rings is 1. The van der Waals surface area contributed by atoms with Gasteiger partial charge in [-0.05, 0) is 61.9 Å². The van der Waals surface area contributed by atoms with Gasteiger partial charge in [0.05, 0.1) is 26.5 Å². The molecule has 0 spiro atoms. The molecule has 2 aromatic carbocycles. The number of carbonyl (C=O) groups is 2. The van der Waals surface area contributed by atoms with Gasteiger partial charge in [0.2, 0.25) is 0 Å². The van der Waals surface area contributed by atoms with E-state index in [1.54, 1.807) is 65.5 Å². The maximum Gasteiger partial charge on any atom is 0.414 e. The van der Waals surface area contributed by atoms with Crippen molar-refractivity contribution in [3.63, 3.8) is 0 Å². The number of amides is 1. The van der Waals surface area contributed by atoms with Gasteiger partial charge in [0.25, 0.3) is 0 Å². The molecule has 50 heavy (non-hydrogen) atoms. The molecular weight excluding hydrogens is 704 g/mol. The number of aromatic nitrogens is 1. The number of anilines is 1. The normalized spacial score (nSPS) is 19.1. The molecule has 4 atom stereocenters. The smallest absolute Gasteiger partial charge is 0.414 e. The fraction of sp³-hybridized carbons (Fsp3) is 0.378. The second kappa shape index (κ2) is 15.6. The highest BCUT2D eigenvalue weighted by Crippen LogP contribution is 2.38. The van der Waals surface area contributed by atoms with Gasteiger partial charge in [-0.2, -0.15) is 0 Å². The molecule has 0 aliphatic carbocycles. The first-order valence-electron chi connectivity index (χ1n) is 16.3. The number of para-hydroxylation sites is 1. The van der Waals surface area contributed by atoms with Gasteiger partial charge in [0.1, 0.15) is 40.0 Å². The van der Waals surface area contributed by atoms with Crippen molar-refractivity contribution >= 4 is 52.3 Å². The third-order valence-electron chi connectivity index (χ3n) is 9.49. The van der Waals surface area contributed by atoms with Crippen molar-refractivity contribution < 1.29 is 37.5 Å². The van der Waals surface area contributed by atoms with Crippen molar-refractivity contribution in [3.8, 4) is 11.5 Å². The van der Waals surface area contributed by atoms with Gasteiger partial charge in [-0.1, -0.05) is 41.4 Å². The summed E-state index contributed by atoms with van der Waals surface area (Å²) in [6.07, 6.45) is 5.62. The maximum atomic E-state index is 15.1. The fourth-order valence-corrected chi connectivity index (χ4v) is 8.42. The SMILES string of the molecule is COc1ccc([C@H](Cc2c(Cl)c[n+](C)cc2Cl)OC(=O)c2ccc(CN(C(=O)O[C@H]3C[C@H]4CC[C@@H](C3)N4C)c3ccccc3F)s2)cc1OC. The lowest BCUT2D eigenvalue weighted by molar-refractivity contribution is -0.671. The standard InChI is InChI=1S/C37H39Cl2FN3O6S/c1-41-20-28(38)27(29(39)21-41)18-33(22-9-13-32(46-3)34(15-22)47-4)49-36(44)35-14-12-26(50-35)19-43(31-8-6-5-7-30(31)40)37(45)48-25-16-23-10-11-24(17-25)42(23)2/h5-9,12-15,20-21,23-25,33H,10-11,16-19H2,1-4H3/q+1/t23-,24+,25+,33-/m0/s1. The third-order valence-corrected chi connectivity index (χ3v) is 11.2. The Balaban J connectivity index is 1.23. The monoisotopic (exact) mass is 742 g/mol. The van der Waals surface area contributed by atoms with E-state index in [2.05, 4.69) is 11.9 Å². The second-order valence-corrected chi connectivity index (χ2v) is 14.6. The number of ether oxygens (including phenoxy) is 4. The Morgan fingerprint density at radius 1 is 1.00 bits per heavy atom. The molecule has 1 amide bonds. The Bertz CT molecular complexity index is 1840. The Morgan fingerprint density at radius 3 is 2.34 bits per heavy atom. The van der Waals surface area contributed by atoms with Crippen molar-refractivity contribution in [1.29, 1.82) is 0 Å². The molecule has 0 saturated carbocycles. The minimum absolute atomic E-state index is 0.00253. The Labute approximate surface area is 305 Å². The molecule has 2 saturated heterocycles. The lowest BCUT2D eigenvalue weighted by atomic mass is 10.0. The number of pyridine rings is 1. The van der Waals surface area contributed by atoms with E-state index in [1.807, 2.05) is 7.05 Å². The number of benzene rings is 2. The lowest BCUT2D eigenvalue weighted by Crippen LogP contribution is -2.45. The number of nitrogens with zero attached hydrogens (tertiary/aromatic N) is 3. The first-order valence-corrected chi connectivity index (χ1v) is 17.9. The Hall–Kier alpha value is -3.90. The summed E-state index contributed by atoms with van der Waals surface area (Å²) in [5.74, 6) is -0.146. The molecule has 2 aromatic heterocycles. The molecular formula is C37H39Cl2FN3O6S+. The summed E-state index contributed by atoms with van der Waals surface area (Å²) in [6.45, 7) is 0.00253. The number of aryl methyl sites for hydroxylation is 1. The number of rotatable bonds is 11. The number of halogens is 3. The van der Waals surface area contributed by atoms with Crippen molar-refractivity contribution in [1.82, 2.24) is 4.90 Å². The minimum Gasteiger partial charge on any atom is -0.493 e. The number of fused-ring (bicyclic) bond motifs is 2. The summed E-state index contributed by atoms with van der Waals surface area (Å²) in [6, 6.07) is 15.5. The van der Waals surface area contributed by atoms with Crippen LogP contribution in [0.15, 0.2) is 67.0 Å². The first kappa shape index (κ1) is 35.9. The fourth-order valence-electron chi connectivity index (χ4n) is 6.82. The van der Waals surface area contributed by atoms with E-state index in [0.717, 1.165) is 37.0 Å². The average molecular weight is 744 g/mol. The summed E-state index contributed by atoms with van der Waals surface area (Å²) in [7, 11) is 7.00. The van der Waals surface area contributed by atoms with Crippen molar-refractivity contribution in [2.45, 2.75) is 62.9 Å². The molecule has 4 aromatic rings. The van der Waals surface area contributed by atoms with E-state index in [0.29, 0.717) is 54.5 Å². The zero-order chi connectivity index (χ0) is 35.5. The molecule has 13 heteroatoms. The Morgan fingerprint density at radius 2 is 1.68 bits per heavy atom. The molecule has 2 aliphatic heterocycles. The molecule has 2 bridgehead atoms. The van der Waals surface area contributed by atoms with Crippen LogP contribution >= 0.6 is 34.5 Å². The molecule has 2 fully saturated rings. The summed E-state index contributed by atoms with van der Waals surface area (Å²) >= 11 is 14.3. The van der Waals surface area contributed by atoms with Crippen LogP contribution in [-0.2, 0) is 29.5 Å². The molecule has 264 valence electrons. The summed E-state index contributed by atoms with van der Waals surface area (Å²) < 4.78 is 39.9. The van der Waals surface area contributed by atoms with Crippen LogP contribution in [0, 0.1) is 5.82 Å². The zero-order valence-corrected chi connectivity index (χ0v) is 30.6. The maximum absolute atomic E-state index is 15.1. The van der Waals surface area contributed by atoms with E-state index < -0.39 is 24.0 Å². The summed E-state index contributed by atoms with van der Waals surface area (Å²) in [4.78, 5) is 32.0. The minimum atomic E-state index is -0.801. The van der Waals surface area contributed by atoms with Gasteiger partial charge in [-0.3, -0.25) is 4.90 Å². The predicted molar refractivity (Wildman–Crippen MR) is 190 cm³/mol. The number of hydrogen-bond acceptors (Lipinski definition) is 8. The van der Waals surface area contributed by atoms with E-state index in [4.69, 9.17) is 42.1 Å². The van der Waals surface area contributed by atoms with Crippen molar-refractivity contribution in [2.24, 2.45) is 7.05 Å². The number of esters is 1. The van der Waals surface area contributed by atoms with Crippen LogP contribution in [0.25, 0.3) is 0 Å². The summed E-state index contributed by atoms with van der Waals surface area (Å²) in [5.41, 5.74) is 1.36. The molecule has 9 nitrogen and oxygen atoms in total. The highest BCUT2D eigenvalue weighted by molar-refractivity contribution is 7.14. The molecule has 4 heterocycles. The quantitative estimate of drug-likeness (QED) is 0.114.